The molecule has 0 heterocycles. The Balaban J connectivity index is 2.65. The third kappa shape index (κ3) is 2.13. The van der Waals surface area contributed by atoms with Gasteiger partial charge in [0.2, 0.25) is 5.91 Å². The summed E-state index contributed by atoms with van der Waals surface area (Å²) in [5.41, 5.74) is 15.1. The van der Waals surface area contributed by atoms with Crippen molar-refractivity contribution in [2.75, 3.05) is 5.73 Å². The van der Waals surface area contributed by atoms with Crippen molar-refractivity contribution in [1.29, 1.82) is 0 Å². The predicted octanol–water partition coefficient (Wildman–Crippen LogP) is 2.34. The van der Waals surface area contributed by atoms with Crippen LogP contribution in [0.4, 0.5) is 5.69 Å². The quantitative estimate of drug-likeness (QED) is 0.772. The number of anilines is 1. The van der Waals surface area contributed by atoms with Crippen LogP contribution in [-0.4, -0.2) is 5.91 Å². The van der Waals surface area contributed by atoms with Crippen molar-refractivity contribution in [3.63, 3.8) is 0 Å². The lowest BCUT2D eigenvalue weighted by Crippen LogP contribution is -2.13. The number of nitrogen functional groups attached to an aromatic ring is 1. The number of aryl methyl sites for hydroxylation is 1. The topological polar surface area (TPSA) is 69.1 Å². The Morgan fingerprint density at radius 3 is 2.29 bits per heavy atom. The summed E-state index contributed by atoms with van der Waals surface area (Å²) in [5, 5.41) is 0. The number of hydrogen-bond donors (Lipinski definition) is 2. The summed E-state index contributed by atoms with van der Waals surface area (Å²) in [5.74, 6) is -0.465. The first-order valence-corrected chi connectivity index (χ1v) is 5.35. The fourth-order valence-electron chi connectivity index (χ4n) is 1.82. The van der Waals surface area contributed by atoms with Gasteiger partial charge < -0.3 is 11.5 Å². The molecule has 0 aliphatic heterocycles. The van der Waals surface area contributed by atoms with Crippen LogP contribution in [-0.2, 0) is 0 Å². The van der Waals surface area contributed by atoms with E-state index in [1.54, 1.807) is 18.2 Å². The zero-order valence-electron chi connectivity index (χ0n) is 9.60. The molecule has 0 bridgehead atoms. The Morgan fingerprint density at radius 1 is 1.06 bits per heavy atom. The second kappa shape index (κ2) is 4.29. The Morgan fingerprint density at radius 2 is 1.71 bits per heavy atom. The molecule has 17 heavy (non-hydrogen) atoms. The van der Waals surface area contributed by atoms with Gasteiger partial charge in [0.15, 0.2) is 0 Å². The van der Waals surface area contributed by atoms with Gasteiger partial charge in [-0.3, -0.25) is 4.79 Å². The normalized spacial score (nSPS) is 10.2. The molecule has 0 aromatic heterocycles. The van der Waals surface area contributed by atoms with Gasteiger partial charge in [0, 0.05) is 16.8 Å². The summed E-state index contributed by atoms with van der Waals surface area (Å²) >= 11 is 0. The van der Waals surface area contributed by atoms with Gasteiger partial charge in [-0.15, -0.1) is 0 Å². The van der Waals surface area contributed by atoms with Gasteiger partial charge in [-0.1, -0.05) is 35.9 Å². The van der Waals surface area contributed by atoms with Crippen LogP contribution in [0.3, 0.4) is 0 Å². The van der Waals surface area contributed by atoms with Crippen LogP contribution in [0.15, 0.2) is 42.5 Å². The van der Waals surface area contributed by atoms with Crippen molar-refractivity contribution in [3.8, 4) is 11.1 Å². The molecule has 0 aliphatic carbocycles. The Hall–Kier alpha value is -2.29. The SMILES string of the molecule is Cc1ccc(-c2c(N)cccc2C(N)=O)cc1. The molecule has 0 unspecified atom stereocenters. The first-order valence-electron chi connectivity index (χ1n) is 5.35. The Labute approximate surface area is 100 Å². The largest absolute Gasteiger partial charge is 0.398 e. The predicted molar refractivity (Wildman–Crippen MR) is 69.5 cm³/mol. The molecule has 0 spiro atoms. The number of rotatable bonds is 2. The Bertz CT molecular complexity index is 559. The van der Waals surface area contributed by atoms with Gasteiger partial charge in [0.25, 0.3) is 0 Å². The van der Waals surface area contributed by atoms with Gasteiger partial charge in [0.05, 0.1) is 0 Å². The maximum absolute atomic E-state index is 11.4. The fourth-order valence-corrected chi connectivity index (χ4v) is 1.82. The first kappa shape index (κ1) is 11.2. The minimum absolute atomic E-state index is 0.453. The molecular formula is C14H14N2O. The molecule has 3 heteroatoms. The molecular weight excluding hydrogens is 212 g/mol. The van der Waals surface area contributed by atoms with Gasteiger partial charge in [-0.25, -0.2) is 0 Å². The molecule has 2 rings (SSSR count). The summed E-state index contributed by atoms with van der Waals surface area (Å²) < 4.78 is 0. The second-order valence-corrected chi connectivity index (χ2v) is 4.00. The van der Waals surface area contributed by atoms with E-state index in [0.717, 1.165) is 11.1 Å². The van der Waals surface area contributed by atoms with E-state index < -0.39 is 5.91 Å². The minimum atomic E-state index is -0.465. The van der Waals surface area contributed by atoms with E-state index >= 15 is 0 Å². The molecule has 0 radical (unpaired) electrons. The van der Waals surface area contributed by atoms with Crippen LogP contribution in [0.25, 0.3) is 11.1 Å². The van der Waals surface area contributed by atoms with Crippen LogP contribution in [0.2, 0.25) is 0 Å². The summed E-state index contributed by atoms with van der Waals surface area (Å²) in [6, 6.07) is 13.0. The van der Waals surface area contributed by atoms with Gasteiger partial charge in [0.1, 0.15) is 0 Å². The average molecular weight is 226 g/mol. The number of nitrogens with two attached hydrogens (primary N) is 2. The average Bonchev–Trinajstić information content (AvgIpc) is 2.30. The zero-order valence-corrected chi connectivity index (χ0v) is 9.60. The molecule has 1 amide bonds. The summed E-state index contributed by atoms with van der Waals surface area (Å²) in [6.07, 6.45) is 0. The maximum Gasteiger partial charge on any atom is 0.249 e. The maximum atomic E-state index is 11.4. The molecule has 0 fully saturated rings. The summed E-state index contributed by atoms with van der Waals surface area (Å²) in [7, 11) is 0. The van der Waals surface area contributed by atoms with Crippen molar-refractivity contribution in [1.82, 2.24) is 0 Å². The lowest BCUT2D eigenvalue weighted by molar-refractivity contribution is 0.100. The number of benzene rings is 2. The van der Waals surface area contributed by atoms with Crippen molar-refractivity contribution < 1.29 is 4.79 Å². The number of carbonyl (C=O) groups is 1. The van der Waals surface area contributed by atoms with Crippen LogP contribution in [0.1, 0.15) is 15.9 Å². The molecule has 4 N–H and O–H groups in total. The number of amides is 1. The van der Waals surface area contributed by atoms with Crippen LogP contribution in [0.5, 0.6) is 0 Å². The molecule has 0 saturated carbocycles. The monoisotopic (exact) mass is 226 g/mol. The van der Waals surface area contributed by atoms with E-state index in [-0.39, 0.29) is 0 Å². The fraction of sp³-hybridized carbons (Fsp3) is 0.0714. The first-order chi connectivity index (χ1) is 8.09. The Kier molecular flexibility index (Phi) is 2.83. The van der Waals surface area contributed by atoms with Gasteiger partial charge in [-0.05, 0) is 24.6 Å². The van der Waals surface area contributed by atoms with Gasteiger partial charge >= 0.3 is 0 Å². The minimum Gasteiger partial charge on any atom is -0.398 e. The lowest BCUT2D eigenvalue weighted by Gasteiger charge is -2.10. The van der Waals surface area contributed by atoms with E-state index in [1.807, 2.05) is 31.2 Å². The number of carbonyl (C=O) groups excluding carboxylic acids is 1. The van der Waals surface area contributed by atoms with Crippen molar-refractivity contribution in [3.05, 3.63) is 53.6 Å². The van der Waals surface area contributed by atoms with Crippen LogP contribution >= 0.6 is 0 Å². The molecule has 2 aromatic rings. The van der Waals surface area contributed by atoms with Gasteiger partial charge in [-0.2, -0.15) is 0 Å². The van der Waals surface area contributed by atoms with Crippen LogP contribution in [0, 0.1) is 6.92 Å². The molecule has 0 aliphatic rings. The standard InChI is InChI=1S/C14H14N2O/c1-9-5-7-10(8-6-9)13-11(14(16)17)3-2-4-12(13)15/h2-8H,15H2,1H3,(H2,16,17). The van der Waals surface area contributed by atoms with Crippen molar-refractivity contribution in [2.24, 2.45) is 5.73 Å². The van der Waals surface area contributed by atoms with E-state index in [1.165, 1.54) is 0 Å². The third-order valence-electron chi connectivity index (χ3n) is 2.70. The third-order valence-corrected chi connectivity index (χ3v) is 2.70. The molecule has 86 valence electrons. The number of primary amides is 1. The highest BCUT2D eigenvalue weighted by molar-refractivity contribution is 6.02. The lowest BCUT2D eigenvalue weighted by atomic mass is 9.97. The number of hydrogen-bond acceptors (Lipinski definition) is 2. The van der Waals surface area contributed by atoms with E-state index in [2.05, 4.69) is 0 Å². The molecule has 0 saturated heterocycles. The highest BCUT2D eigenvalue weighted by Crippen LogP contribution is 2.29. The van der Waals surface area contributed by atoms with Crippen molar-refractivity contribution >= 4 is 11.6 Å². The summed E-state index contributed by atoms with van der Waals surface area (Å²) in [6.45, 7) is 2.01. The molecule has 3 nitrogen and oxygen atoms in total. The highest BCUT2D eigenvalue weighted by atomic mass is 16.1. The second-order valence-electron chi connectivity index (χ2n) is 4.00. The molecule has 0 atom stereocenters. The van der Waals surface area contributed by atoms with E-state index in [0.29, 0.717) is 16.8 Å². The van der Waals surface area contributed by atoms with Crippen LogP contribution < -0.4 is 11.5 Å². The van der Waals surface area contributed by atoms with E-state index in [4.69, 9.17) is 11.5 Å². The summed E-state index contributed by atoms with van der Waals surface area (Å²) in [4.78, 5) is 11.4. The van der Waals surface area contributed by atoms with Crippen molar-refractivity contribution in [2.45, 2.75) is 6.92 Å². The smallest absolute Gasteiger partial charge is 0.249 e. The molecule has 2 aromatic carbocycles. The highest BCUT2D eigenvalue weighted by Gasteiger charge is 2.12. The van der Waals surface area contributed by atoms with E-state index in [9.17, 15) is 4.79 Å². The zero-order chi connectivity index (χ0) is 12.4.